The summed E-state index contributed by atoms with van der Waals surface area (Å²) in [6.45, 7) is 0. The maximum atomic E-state index is 12.9. The van der Waals surface area contributed by atoms with Crippen LogP contribution in [0.3, 0.4) is 0 Å². The van der Waals surface area contributed by atoms with Gasteiger partial charge in [-0.3, -0.25) is 0 Å². The predicted molar refractivity (Wildman–Crippen MR) is 63.9 cm³/mol. The number of hydrogen-bond acceptors (Lipinski definition) is 1. The summed E-state index contributed by atoms with van der Waals surface area (Å²) in [5.74, 6) is 0. The summed E-state index contributed by atoms with van der Waals surface area (Å²) in [6.07, 6.45) is -4.39. The molecular weight excluding hydrogens is 239 g/mol. The van der Waals surface area contributed by atoms with Crippen molar-refractivity contribution in [2.75, 3.05) is 0 Å². The zero-order valence-electron chi connectivity index (χ0n) is 9.48. The fraction of sp³-hybridized carbons (Fsp3) is 0.143. The molecule has 0 aliphatic rings. The predicted octanol–water partition coefficient (Wildman–Crippen LogP) is 3.75. The van der Waals surface area contributed by atoms with Crippen molar-refractivity contribution in [2.45, 2.75) is 12.2 Å². The van der Waals surface area contributed by atoms with Crippen LogP contribution in [0.1, 0.15) is 22.7 Å². The molecule has 0 aliphatic heterocycles. The average molecular weight is 251 g/mol. The first-order valence-electron chi connectivity index (χ1n) is 5.47. The molecule has 0 saturated carbocycles. The quantitative estimate of drug-likeness (QED) is 0.864. The topological polar surface area (TPSA) is 26.0 Å². The van der Waals surface area contributed by atoms with E-state index in [0.29, 0.717) is 5.56 Å². The van der Waals surface area contributed by atoms with E-state index in [1.165, 1.54) is 12.1 Å². The highest BCUT2D eigenvalue weighted by molar-refractivity contribution is 5.38. The molecule has 0 aromatic heterocycles. The molecule has 4 heteroatoms. The molecule has 2 N–H and O–H groups in total. The molecule has 2 rings (SSSR count). The normalized spacial score (nSPS) is 13.3. The zero-order valence-corrected chi connectivity index (χ0v) is 9.48. The van der Waals surface area contributed by atoms with E-state index in [9.17, 15) is 13.2 Å². The first kappa shape index (κ1) is 12.6. The third-order valence-electron chi connectivity index (χ3n) is 2.76. The summed E-state index contributed by atoms with van der Waals surface area (Å²) in [4.78, 5) is 0. The molecule has 2 aromatic carbocycles. The van der Waals surface area contributed by atoms with Crippen LogP contribution in [0.2, 0.25) is 0 Å². The summed E-state index contributed by atoms with van der Waals surface area (Å²) in [6, 6.07) is 13.4. The van der Waals surface area contributed by atoms with Gasteiger partial charge in [0.1, 0.15) is 0 Å². The number of alkyl halides is 3. The molecule has 1 unspecified atom stereocenters. The SMILES string of the molecule is NC(c1ccccc1)c1ccccc1C(F)(F)F. The van der Waals surface area contributed by atoms with Crippen LogP contribution in [0.25, 0.3) is 0 Å². The van der Waals surface area contributed by atoms with Crippen molar-refractivity contribution in [3.8, 4) is 0 Å². The van der Waals surface area contributed by atoms with Gasteiger partial charge in [-0.05, 0) is 17.2 Å². The van der Waals surface area contributed by atoms with Crippen LogP contribution in [0.4, 0.5) is 13.2 Å². The van der Waals surface area contributed by atoms with E-state index < -0.39 is 17.8 Å². The zero-order chi connectivity index (χ0) is 13.2. The number of rotatable bonds is 2. The molecule has 18 heavy (non-hydrogen) atoms. The van der Waals surface area contributed by atoms with E-state index in [2.05, 4.69) is 0 Å². The maximum absolute atomic E-state index is 12.9. The van der Waals surface area contributed by atoms with Gasteiger partial charge in [-0.1, -0.05) is 48.5 Å². The largest absolute Gasteiger partial charge is 0.416 e. The molecule has 0 radical (unpaired) electrons. The van der Waals surface area contributed by atoms with Gasteiger partial charge in [0.25, 0.3) is 0 Å². The third-order valence-corrected chi connectivity index (χ3v) is 2.76. The van der Waals surface area contributed by atoms with Crippen LogP contribution in [0.5, 0.6) is 0 Å². The van der Waals surface area contributed by atoms with Crippen molar-refractivity contribution in [3.05, 3.63) is 71.3 Å². The summed E-state index contributed by atoms with van der Waals surface area (Å²) in [7, 11) is 0. The van der Waals surface area contributed by atoms with Gasteiger partial charge >= 0.3 is 6.18 Å². The van der Waals surface area contributed by atoms with E-state index in [-0.39, 0.29) is 5.56 Å². The van der Waals surface area contributed by atoms with Gasteiger partial charge in [-0.15, -0.1) is 0 Å². The van der Waals surface area contributed by atoms with Crippen LogP contribution in [-0.4, -0.2) is 0 Å². The summed E-state index contributed by atoms with van der Waals surface area (Å²) >= 11 is 0. The lowest BCUT2D eigenvalue weighted by atomic mass is 9.95. The lowest BCUT2D eigenvalue weighted by Crippen LogP contribution is -2.18. The Kier molecular flexibility index (Phi) is 3.39. The molecule has 0 saturated heterocycles. The highest BCUT2D eigenvalue weighted by atomic mass is 19.4. The molecule has 0 aliphatic carbocycles. The van der Waals surface area contributed by atoms with Crippen molar-refractivity contribution in [1.29, 1.82) is 0 Å². The van der Waals surface area contributed by atoms with Gasteiger partial charge in [0, 0.05) is 0 Å². The van der Waals surface area contributed by atoms with Gasteiger partial charge in [-0.2, -0.15) is 13.2 Å². The Morgan fingerprint density at radius 2 is 1.39 bits per heavy atom. The second-order valence-electron chi connectivity index (χ2n) is 3.97. The number of hydrogen-bond donors (Lipinski definition) is 1. The minimum Gasteiger partial charge on any atom is -0.320 e. The van der Waals surface area contributed by atoms with Gasteiger partial charge in [0.2, 0.25) is 0 Å². The van der Waals surface area contributed by atoms with Gasteiger partial charge in [0.05, 0.1) is 11.6 Å². The standard InChI is InChI=1S/C14H12F3N/c15-14(16,17)12-9-5-4-8-11(12)13(18)10-6-2-1-3-7-10/h1-9,13H,18H2. The lowest BCUT2D eigenvalue weighted by molar-refractivity contribution is -0.138. The Labute approximate surface area is 103 Å². The molecule has 94 valence electrons. The van der Waals surface area contributed by atoms with E-state index in [1.807, 2.05) is 0 Å². The van der Waals surface area contributed by atoms with Crippen molar-refractivity contribution < 1.29 is 13.2 Å². The van der Waals surface area contributed by atoms with Crippen molar-refractivity contribution in [3.63, 3.8) is 0 Å². The Morgan fingerprint density at radius 1 is 0.833 bits per heavy atom. The highest BCUT2D eigenvalue weighted by Crippen LogP contribution is 2.35. The van der Waals surface area contributed by atoms with Crippen LogP contribution in [-0.2, 0) is 6.18 Å². The first-order valence-corrected chi connectivity index (χ1v) is 5.47. The minimum absolute atomic E-state index is 0.0937. The fourth-order valence-corrected chi connectivity index (χ4v) is 1.87. The maximum Gasteiger partial charge on any atom is 0.416 e. The second-order valence-corrected chi connectivity index (χ2v) is 3.97. The van der Waals surface area contributed by atoms with Crippen LogP contribution in [0.15, 0.2) is 54.6 Å². The summed E-state index contributed by atoms with van der Waals surface area (Å²) in [5.41, 5.74) is 5.99. The van der Waals surface area contributed by atoms with Gasteiger partial charge in [0.15, 0.2) is 0 Å². The Hall–Kier alpha value is -1.81. The van der Waals surface area contributed by atoms with E-state index in [1.54, 1.807) is 36.4 Å². The lowest BCUT2D eigenvalue weighted by Gasteiger charge is -2.18. The fourth-order valence-electron chi connectivity index (χ4n) is 1.87. The molecular formula is C14H12F3N. The minimum atomic E-state index is -4.39. The average Bonchev–Trinajstić information content (AvgIpc) is 2.38. The third kappa shape index (κ3) is 2.54. The van der Waals surface area contributed by atoms with E-state index in [4.69, 9.17) is 5.73 Å². The monoisotopic (exact) mass is 251 g/mol. The molecule has 1 atom stereocenters. The van der Waals surface area contributed by atoms with Crippen molar-refractivity contribution in [2.24, 2.45) is 5.73 Å². The van der Waals surface area contributed by atoms with Crippen LogP contribution in [0, 0.1) is 0 Å². The van der Waals surface area contributed by atoms with E-state index >= 15 is 0 Å². The van der Waals surface area contributed by atoms with Crippen molar-refractivity contribution in [1.82, 2.24) is 0 Å². The molecule has 0 fully saturated rings. The van der Waals surface area contributed by atoms with Crippen LogP contribution < -0.4 is 5.73 Å². The highest BCUT2D eigenvalue weighted by Gasteiger charge is 2.34. The molecule has 2 aromatic rings. The van der Waals surface area contributed by atoms with Gasteiger partial charge < -0.3 is 5.73 Å². The smallest absolute Gasteiger partial charge is 0.320 e. The number of halogens is 3. The molecule has 0 amide bonds. The summed E-state index contributed by atoms with van der Waals surface area (Å²) < 4.78 is 38.6. The second kappa shape index (κ2) is 4.82. The molecule has 0 heterocycles. The Morgan fingerprint density at radius 3 is 2.00 bits per heavy atom. The summed E-state index contributed by atoms with van der Waals surface area (Å²) in [5, 5.41) is 0. The van der Waals surface area contributed by atoms with E-state index in [0.717, 1.165) is 6.07 Å². The molecule has 0 bridgehead atoms. The van der Waals surface area contributed by atoms with Gasteiger partial charge in [-0.25, -0.2) is 0 Å². The Balaban J connectivity index is 2.46. The number of nitrogens with two attached hydrogens (primary N) is 1. The molecule has 1 nitrogen and oxygen atoms in total. The van der Waals surface area contributed by atoms with Crippen molar-refractivity contribution >= 4 is 0 Å². The molecule has 0 spiro atoms. The number of benzene rings is 2. The first-order chi connectivity index (χ1) is 8.50. The Bertz CT molecular complexity index is 520. The van der Waals surface area contributed by atoms with Crippen LogP contribution >= 0.6 is 0 Å².